The first-order chi connectivity index (χ1) is 12.0. The van der Waals surface area contributed by atoms with Crippen LogP contribution in [0.3, 0.4) is 0 Å². The van der Waals surface area contributed by atoms with Gasteiger partial charge in [-0.1, -0.05) is 0 Å². The van der Waals surface area contributed by atoms with Gasteiger partial charge in [0, 0.05) is 45.1 Å². The van der Waals surface area contributed by atoms with Crippen LogP contribution in [0.5, 0.6) is 0 Å². The Bertz CT molecular complexity index is 608. The molecule has 1 saturated heterocycles. The third kappa shape index (κ3) is 5.20. The molecule has 2 heterocycles. The van der Waals surface area contributed by atoms with Crippen LogP contribution >= 0.6 is 0 Å². The van der Waals surface area contributed by atoms with Crippen molar-refractivity contribution in [1.82, 2.24) is 20.0 Å². The molecule has 0 N–H and O–H groups in total. The number of piperazine rings is 1. The Hall–Kier alpha value is -2.10. The second-order valence-corrected chi connectivity index (χ2v) is 6.91. The fourth-order valence-electron chi connectivity index (χ4n) is 2.53. The number of hydrogen-bond donors (Lipinski definition) is 0. The maximum atomic E-state index is 12.6. The predicted molar refractivity (Wildman–Crippen MR) is 89.4 cm³/mol. The molecule has 1 aromatic rings. The Morgan fingerprint density at radius 3 is 2.12 bits per heavy atom. The summed E-state index contributed by atoms with van der Waals surface area (Å²) in [5, 5.41) is 3.41. The van der Waals surface area contributed by atoms with Crippen molar-refractivity contribution in [3.8, 4) is 0 Å². The van der Waals surface area contributed by atoms with Crippen LogP contribution in [0.2, 0.25) is 0 Å². The molecule has 0 radical (unpaired) electrons. The maximum absolute atomic E-state index is 12.6. The smallest absolute Gasteiger partial charge is 0.424 e. The van der Waals surface area contributed by atoms with E-state index in [0.717, 1.165) is 12.4 Å². The molecule has 26 heavy (non-hydrogen) atoms. The first-order valence-electron chi connectivity index (χ1n) is 8.41. The molecule has 1 aliphatic rings. The predicted octanol–water partition coefficient (Wildman–Crippen LogP) is 2.79. The molecule has 1 aromatic heterocycles. The number of rotatable bonds is 3. The number of hydrazine groups is 1. The molecule has 0 spiro atoms. The molecule has 0 unspecified atom stereocenters. The van der Waals surface area contributed by atoms with Crippen molar-refractivity contribution in [2.45, 2.75) is 39.5 Å². The highest BCUT2D eigenvalue weighted by Gasteiger charge is 2.32. The van der Waals surface area contributed by atoms with Gasteiger partial charge in [-0.15, -0.1) is 0 Å². The standard InChI is InChI=1S/C16H24F3N5O2/c1-5-24(14(25)26-15(2,3)4)23-8-6-22(7-9-23)13-20-10-12(11-21-13)16(17,18)19/h10-11H,5-9H2,1-4H3. The van der Waals surface area contributed by atoms with Crippen molar-refractivity contribution in [2.75, 3.05) is 37.6 Å². The van der Waals surface area contributed by atoms with E-state index in [1.807, 2.05) is 11.9 Å². The molecule has 2 rings (SSSR count). The lowest BCUT2D eigenvalue weighted by Crippen LogP contribution is -2.56. The summed E-state index contributed by atoms with van der Waals surface area (Å²) in [4.78, 5) is 21.7. The summed E-state index contributed by atoms with van der Waals surface area (Å²) in [6, 6.07) is 0. The summed E-state index contributed by atoms with van der Waals surface area (Å²) in [5.74, 6) is 0.248. The summed E-state index contributed by atoms with van der Waals surface area (Å²) < 4.78 is 43.2. The molecule has 0 saturated carbocycles. The van der Waals surface area contributed by atoms with Crippen molar-refractivity contribution in [3.63, 3.8) is 0 Å². The van der Waals surface area contributed by atoms with Crippen LogP contribution in [0.15, 0.2) is 12.4 Å². The number of nitrogens with zero attached hydrogens (tertiary/aromatic N) is 5. The summed E-state index contributed by atoms with van der Waals surface area (Å²) in [5.41, 5.74) is -1.46. The van der Waals surface area contributed by atoms with Gasteiger partial charge in [-0.3, -0.25) is 0 Å². The highest BCUT2D eigenvalue weighted by molar-refractivity contribution is 5.67. The van der Waals surface area contributed by atoms with E-state index in [0.29, 0.717) is 32.7 Å². The molecule has 0 aliphatic carbocycles. The van der Waals surface area contributed by atoms with Crippen molar-refractivity contribution < 1.29 is 22.7 Å². The Morgan fingerprint density at radius 2 is 1.69 bits per heavy atom. The van der Waals surface area contributed by atoms with Crippen LogP contribution in [0.25, 0.3) is 0 Å². The lowest BCUT2D eigenvalue weighted by Gasteiger charge is -2.40. The normalized spacial score (nSPS) is 16.5. The average Bonchev–Trinajstić information content (AvgIpc) is 2.54. The molecule has 7 nitrogen and oxygen atoms in total. The van der Waals surface area contributed by atoms with E-state index < -0.39 is 23.4 Å². The van der Waals surface area contributed by atoms with Gasteiger partial charge in [0.15, 0.2) is 0 Å². The zero-order valence-corrected chi connectivity index (χ0v) is 15.4. The van der Waals surface area contributed by atoms with E-state index in [-0.39, 0.29) is 5.95 Å². The van der Waals surface area contributed by atoms with Crippen LogP contribution < -0.4 is 4.90 Å². The van der Waals surface area contributed by atoms with Crippen molar-refractivity contribution in [3.05, 3.63) is 18.0 Å². The third-order valence-corrected chi connectivity index (χ3v) is 3.75. The van der Waals surface area contributed by atoms with E-state index in [1.165, 1.54) is 5.01 Å². The van der Waals surface area contributed by atoms with Gasteiger partial charge in [0.1, 0.15) is 5.60 Å². The summed E-state index contributed by atoms with van der Waals surface area (Å²) in [6.07, 6.45) is -3.30. The van der Waals surface area contributed by atoms with E-state index >= 15 is 0 Å². The van der Waals surface area contributed by atoms with Gasteiger partial charge in [-0.05, 0) is 27.7 Å². The molecular formula is C16H24F3N5O2. The largest absolute Gasteiger partial charge is 0.443 e. The van der Waals surface area contributed by atoms with E-state index in [2.05, 4.69) is 9.97 Å². The second-order valence-electron chi connectivity index (χ2n) is 6.91. The molecule has 10 heteroatoms. The summed E-state index contributed by atoms with van der Waals surface area (Å²) in [7, 11) is 0. The van der Waals surface area contributed by atoms with Gasteiger partial charge < -0.3 is 9.64 Å². The summed E-state index contributed by atoms with van der Waals surface area (Å²) in [6.45, 7) is 9.74. The van der Waals surface area contributed by atoms with Gasteiger partial charge in [0.05, 0.1) is 5.56 Å². The zero-order chi connectivity index (χ0) is 19.5. The van der Waals surface area contributed by atoms with Crippen molar-refractivity contribution >= 4 is 12.0 Å². The number of carbonyl (C=O) groups excluding carboxylic acids is 1. The van der Waals surface area contributed by atoms with Crippen LogP contribution in [0, 0.1) is 0 Å². The SMILES string of the molecule is CCN(C(=O)OC(C)(C)C)N1CCN(c2ncc(C(F)(F)F)cn2)CC1. The minimum absolute atomic E-state index is 0.248. The molecule has 1 fully saturated rings. The lowest BCUT2D eigenvalue weighted by atomic mass is 10.2. The molecule has 0 atom stereocenters. The van der Waals surface area contributed by atoms with Gasteiger partial charge in [-0.25, -0.2) is 24.8 Å². The number of hydrogen-bond acceptors (Lipinski definition) is 6. The highest BCUT2D eigenvalue weighted by atomic mass is 19.4. The number of carbonyl (C=O) groups is 1. The van der Waals surface area contributed by atoms with Crippen LogP contribution in [0.4, 0.5) is 23.9 Å². The maximum Gasteiger partial charge on any atom is 0.424 e. The topological polar surface area (TPSA) is 61.8 Å². The molecule has 0 bridgehead atoms. The number of ether oxygens (including phenoxy) is 1. The van der Waals surface area contributed by atoms with Crippen LogP contribution in [-0.4, -0.2) is 64.4 Å². The molecule has 146 valence electrons. The van der Waals surface area contributed by atoms with Gasteiger partial charge in [-0.2, -0.15) is 13.2 Å². The van der Waals surface area contributed by atoms with Gasteiger partial charge in [0.25, 0.3) is 0 Å². The second kappa shape index (κ2) is 7.65. The summed E-state index contributed by atoms with van der Waals surface area (Å²) >= 11 is 0. The van der Waals surface area contributed by atoms with Crippen LogP contribution in [-0.2, 0) is 10.9 Å². The van der Waals surface area contributed by atoms with Gasteiger partial charge in [0.2, 0.25) is 5.95 Å². The average molecular weight is 375 g/mol. The molecule has 1 aliphatic heterocycles. The number of halogens is 3. The van der Waals surface area contributed by atoms with E-state index in [4.69, 9.17) is 4.74 Å². The lowest BCUT2D eigenvalue weighted by molar-refractivity contribution is -0.138. The molecule has 0 aromatic carbocycles. The number of alkyl halides is 3. The minimum atomic E-state index is -4.45. The fraction of sp³-hybridized carbons (Fsp3) is 0.688. The zero-order valence-electron chi connectivity index (χ0n) is 15.4. The van der Waals surface area contributed by atoms with Crippen molar-refractivity contribution in [1.29, 1.82) is 0 Å². The quantitative estimate of drug-likeness (QED) is 0.810. The number of amides is 1. The van der Waals surface area contributed by atoms with Crippen LogP contribution in [0.1, 0.15) is 33.3 Å². The Labute approximate surface area is 150 Å². The minimum Gasteiger partial charge on any atom is -0.443 e. The first kappa shape index (κ1) is 20.2. The third-order valence-electron chi connectivity index (χ3n) is 3.75. The first-order valence-corrected chi connectivity index (χ1v) is 8.41. The van der Waals surface area contributed by atoms with E-state index in [9.17, 15) is 18.0 Å². The van der Waals surface area contributed by atoms with E-state index in [1.54, 1.807) is 25.7 Å². The Kier molecular flexibility index (Phi) is 5.94. The monoisotopic (exact) mass is 375 g/mol. The fourth-order valence-corrected chi connectivity index (χ4v) is 2.53. The number of anilines is 1. The molecular weight excluding hydrogens is 351 g/mol. The van der Waals surface area contributed by atoms with Crippen molar-refractivity contribution in [2.24, 2.45) is 0 Å². The molecule has 1 amide bonds. The Morgan fingerprint density at radius 1 is 1.15 bits per heavy atom. The number of aromatic nitrogens is 2. The highest BCUT2D eigenvalue weighted by Crippen LogP contribution is 2.28. The van der Waals surface area contributed by atoms with Gasteiger partial charge >= 0.3 is 12.3 Å². The Balaban J connectivity index is 1.96.